The van der Waals surface area contributed by atoms with Gasteiger partial charge in [0, 0.05) is 35.1 Å². The van der Waals surface area contributed by atoms with Crippen LogP contribution in [0, 0.1) is 5.82 Å². The van der Waals surface area contributed by atoms with Gasteiger partial charge in [0.25, 0.3) is 10.0 Å². The standard InChI is InChI=1S/C35H34Cl2FN3O6S/c1-23(2)39-35(43)31(18-24-6-4-3-5-7-24)40(21-25-8-9-26(36)19-30(25)37)34(42)22-41(28-12-10-27(38)11-13-28)48(44,45)29-14-15-32-33(20-29)47-17-16-46-32/h3-15,19-20,23,31H,16-18,21-22H2,1-2H3,(H,39,43). The van der Waals surface area contributed by atoms with Gasteiger partial charge < -0.3 is 19.7 Å². The highest BCUT2D eigenvalue weighted by Crippen LogP contribution is 2.34. The Bertz CT molecular complexity index is 1880. The largest absolute Gasteiger partial charge is 0.486 e. The molecule has 0 aromatic heterocycles. The number of hydrogen-bond donors (Lipinski definition) is 1. The highest BCUT2D eigenvalue weighted by atomic mass is 35.5. The van der Waals surface area contributed by atoms with Crippen LogP contribution in [0.2, 0.25) is 10.0 Å². The Kier molecular flexibility index (Phi) is 11.1. The van der Waals surface area contributed by atoms with Crippen LogP contribution in [-0.2, 0) is 32.6 Å². The first-order valence-electron chi connectivity index (χ1n) is 15.2. The van der Waals surface area contributed by atoms with E-state index in [2.05, 4.69) is 5.32 Å². The molecule has 0 saturated carbocycles. The van der Waals surface area contributed by atoms with Crippen molar-refractivity contribution in [2.24, 2.45) is 0 Å². The predicted octanol–water partition coefficient (Wildman–Crippen LogP) is 6.26. The van der Waals surface area contributed by atoms with Crippen LogP contribution in [0.25, 0.3) is 0 Å². The molecule has 48 heavy (non-hydrogen) atoms. The summed E-state index contributed by atoms with van der Waals surface area (Å²) in [6.07, 6.45) is 0.127. The third-order valence-electron chi connectivity index (χ3n) is 7.55. The molecule has 4 aromatic rings. The molecular formula is C35H34Cl2FN3O6S. The number of halogens is 3. The summed E-state index contributed by atoms with van der Waals surface area (Å²) in [7, 11) is -4.46. The van der Waals surface area contributed by atoms with E-state index in [-0.39, 0.29) is 47.0 Å². The summed E-state index contributed by atoms with van der Waals surface area (Å²) >= 11 is 12.7. The maximum atomic E-state index is 14.6. The van der Waals surface area contributed by atoms with E-state index in [1.807, 2.05) is 30.3 Å². The van der Waals surface area contributed by atoms with Gasteiger partial charge in [-0.05, 0) is 73.5 Å². The molecule has 1 heterocycles. The summed E-state index contributed by atoms with van der Waals surface area (Å²) in [4.78, 5) is 29.5. The molecule has 4 aromatic carbocycles. The van der Waals surface area contributed by atoms with Gasteiger partial charge in [0.05, 0.1) is 10.6 Å². The Hall–Kier alpha value is -4.32. The second-order valence-electron chi connectivity index (χ2n) is 11.4. The highest BCUT2D eigenvalue weighted by molar-refractivity contribution is 7.92. The van der Waals surface area contributed by atoms with Gasteiger partial charge >= 0.3 is 0 Å². The van der Waals surface area contributed by atoms with Crippen LogP contribution < -0.4 is 19.1 Å². The van der Waals surface area contributed by atoms with E-state index in [9.17, 15) is 22.4 Å². The quantitative estimate of drug-likeness (QED) is 0.186. The van der Waals surface area contributed by atoms with Crippen molar-refractivity contribution >= 4 is 50.7 Å². The Morgan fingerprint density at radius 2 is 1.58 bits per heavy atom. The molecular weight excluding hydrogens is 680 g/mol. The van der Waals surface area contributed by atoms with E-state index in [1.54, 1.807) is 26.0 Å². The van der Waals surface area contributed by atoms with Crippen molar-refractivity contribution in [1.29, 1.82) is 0 Å². The van der Waals surface area contributed by atoms with Crippen LogP contribution in [0.1, 0.15) is 25.0 Å². The molecule has 0 saturated heterocycles. The molecule has 0 spiro atoms. The minimum Gasteiger partial charge on any atom is -0.486 e. The zero-order chi connectivity index (χ0) is 34.4. The van der Waals surface area contributed by atoms with E-state index in [0.29, 0.717) is 22.9 Å². The van der Waals surface area contributed by atoms with Crippen molar-refractivity contribution in [3.8, 4) is 11.5 Å². The van der Waals surface area contributed by atoms with Crippen molar-refractivity contribution in [2.75, 3.05) is 24.1 Å². The molecule has 0 radical (unpaired) electrons. The van der Waals surface area contributed by atoms with Gasteiger partial charge in [-0.15, -0.1) is 0 Å². The molecule has 5 rings (SSSR count). The number of benzene rings is 4. The van der Waals surface area contributed by atoms with Crippen molar-refractivity contribution in [2.45, 2.75) is 43.8 Å². The van der Waals surface area contributed by atoms with Gasteiger partial charge in [-0.25, -0.2) is 12.8 Å². The molecule has 252 valence electrons. The number of amides is 2. The third-order valence-corrected chi connectivity index (χ3v) is 9.91. The van der Waals surface area contributed by atoms with Gasteiger partial charge in [0.2, 0.25) is 11.8 Å². The molecule has 0 fully saturated rings. The SMILES string of the molecule is CC(C)NC(=O)C(Cc1ccccc1)N(Cc1ccc(Cl)cc1Cl)C(=O)CN(c1ccc(F)cc1)S(=O)(=O)c1ccc2c(c1)OCCO2. The second kappa shape index (κ2) is 15.3. The molecule has 2 amide bonds. The lowest BCUT2D eigenvalue weighted by molar-refractivity contribution is -0.140. The molecule has 1 aliphatic rings. The van der Waals surface area contributed by atoms with Crippen LogP contribution in [0.3, 0.4) is 0 Å². The van der Waals surface area contributed by atoms with Crippen LogP contribution >= 0.6 is 23.2 Å². The van der Waals surface area contributed by atoms with E-state index >= 15 is 0 Å². The molecule has 0 bridgehead atoms. The smallest absolute Gasteiger partial charge is 0.264 e. The van der Waals surface area contributed by atoms with Gasteiger partial charge in [-0.2, -0.15) is 0 Å². The first-order valence-corrected chi connectivity index (χ1v) is 17.4. The van der Waals surface area contributed by atoms with Crippen molar-refractivity contribution in [3.63, 3.8) is 0 Å². The summed E-state index contributed by atoms with van der Waals surface area (Å²) in [5.74, 6) is -1.11. The first-order chi connectivity index (χ1) is 22.9. The number of carbonyl (C=O) groups is 2. The monoisotopic (exact) mass is 713 g/mol. The average Bonchev–Trinajstić information content (AvgIpc) is 3.06. The number of carbonyl (C=O) groups excluding carboxylic acids is 2. The molecule has 13 heteroatoms. The molecule has 9 nitrogen and oxygen atoms in total. The minimum atomic E-state index is -4.46. The van der Waals surface area contributed by atoms with E-state index < -0.39 is 40.2 Å². The third kappa shape index (κ3) is 8.39. The maximum absolute atomic E-state index is 14.6. The lowest BCUT2D eigenvalue weighted by Gasteiger charge is -2.34. The van der Waals surface area contributed by atoms with Gasteiger partial charge in [-0.1, -0.05) is 59.6 Å². The Labute approximate surface area is 289 Å². The summed E-state index contributed by atoms with van der Waals surface area (Å²) in [5.41, 5.74) is 1.31. The summed E-state index contributed by atoms with van der Waals surface area (Å²) in [5, 5.41) is 3.55. The normalized spacial score (nSPS) is 13.1. The van der Waals surface area contributed by atoms with Gasteiger partial charge in [0.15, 0.2) is 11.5 Å². The zero-order valence-corrected chi connectivity index (χ0v) is 28.6. The van der Waals surface area contributed by atoms with Gasteiger partial charge in [-0.3, -0.25) is 13.9 Å². The minimum absolute atomic E-state index is 0.0374. The number of nitrogens with one attached hydrogen (secondary N) is 1. The number of fused-ring (bicyclic) bond motifs is 1. The van der Waals surface area contributed by atoms with Crippen molar-refractivity contribution < 1.29 is 31.9 Å². The van der Waals surface area contributed by atoms with Crippen molar-refractivity contribution in [3.05, 3.63) is 118 Å². The van der Waals surface area contributed by atoms with E-state index in [0.717, 1.165) is 22.0 Å². The van der Waals surface area contributed by atoms with E-state index in [4.69, 9.17) is 32.7 Å². The lowest BCUT2D eigenvalue weighted by Crippen LogP contribution is -2.54. The van der Waals surface area contributed by atoms with Crippen LogP contribution in [0.4, 0.5) is 10.1 Å². The van der Waals surface area contributed by atoms with Crippen LogP contribution in [-0.4, -0.2) is 57.0 Å². The fourth-order valence-electron chi connectivity index (χ4n) is 5.22. The molecule has 1 aliphatic heterocycles. The van der Waals surface area contributed by atoms with Crippen LogP contribution in [0.15, 0.2) is 95.9 Å². The Morgan fingerprint density at radius 1 is 0.896 bits per heavy atom. The number of hydrogen-bond acceptors (Lipinski definition) is 6. The fraction of sp³-hybridized carbons (Fsp3) is 0.257. The average molecular weight is 715 g/mol. The Morgan fingerprint density at radius 3 is 2.25 bits per heavy atom. The number of nitrogens with zero attached hydrogens (tertiary/aromatic N) is 2. The lowest BCUT2D eigenvalue weighted by atomic mass is 10.0. The maximum Gasteiger partial charge on any atom is 0.264 e. The molecule has 1 unspecified atom stereocenters. The fourth-order valence-corrected chi connectivity index (χ4v) is 7.11. The summed E-state index contributed by atoms with van der Waals surface area (Å²) < 4.78 is 54.7. The molecule has 1 N–H and O–H groups in total. The van der Waals surface area contributed by atoms with Crippen LogP contribution in [0.5, 0.6) is 11.5 Å². The van der Waals surface area contributed by atoms with Gasteiger partial charge in [0.1, 0.15) is 31.6 Å². The van der Waals surface area contributed by atoms with E-state index in [1.165, 1.54) is 41.3 Å². The summed E-state index contributed by atoms with van der Waals surface area (Å²) in [6.45, 7) is 3.29. The first kappa shape index (κ1) is 35.0. The summed E-state index contributed by atoms with van der Waals surface area (Å²) in [6, 6.07) is 21.5. The second-order valence-corrected chi connectivity index (χ2v) is 14.1. The predicted molar refractivity (Wildman–Crippen MR) is 183 cm³/mol. The Balaban J connectivity index is 1.59. The number of sulfonamides is 1. The topological polar surface area (TPSA) is 105 Å². The number of anilines is 1. The number of rotatable bonds is 12. The highest BCUT2D eigenvalue weighted by Gasteiger charge is 2.35. The molecule has 1 atom stereocenters. The zero-order valence-electron chi connectivity index (χ0n) is 26.2. The molecule has 0 aliphatic carbocycles. The van der Waals surface area contributed by atoms with Crippen molar-refractivity contribution in [1.82, 2.24) is 10.2 Å². The number of ether oxygens (including phenoxy) is 2.